The minimum atomic E-state index is 0.149. The maximum atomic E-state index is 6.06. The molecule has 0 N–H and O–H groups in total. The zero-order chi connectivity index (χ0) is 10.7. The number of rotatable bonds is 3. The van der Waals surface area contributed by atoms with Crippen LogP contribution < -0.4 is 4.74 Å². The highest BCUT2D eigenvalue weighted by molar-refractivity contribution is 6.32. The largest absolute Gasteiger partial charge is 0.489 e. The Morgan fingerprint density at radius 2 is 1.93 bits per heavy atom. The molecule has 0 bridgehead atoms. The minimum absolute atomic E-state index is 0.149. The monoisotopic (exact) mass is 211 g/mol. The minimum Gasteiger partial charge on any atom is -0.489 e. The molecule has 0 fully saturated rings. The van der Waals surface area contributed by atoms with E-state index in [2.05, 4.69) is 6.92 Å². The number of hydrogen-bond acceptors (Lipinski definition) is 1. The second-order valence-corrected chi connectivity index (χ2v) is 4.16. The van der Waals surface area contributed by atoms with Crippen LogP contribution in [0.2, 0.25) is 5.02 Å². The van der Waals surface area contributed by atoms with Gasteiger partial charge in [0.2, 0.25) is 0 Å². The van der Waals surface area contributed by atoms with Crippen LogP contribution in [0.3, 0.4) is 0 Å². The Morgan fingerprint density at radius 1 is 1.29 bits per heavy atom. The third kappa shape index (κ3) is 2.91. The fraction of sp³-hybridized carbons (Fsp3) is 0.417. The van der Waals surface area contributed by atoms with Gasteiger partial charge in [0.05, 0.1) is 11.1 Å². The lowest BCUT2D eigenvalue weighted by molar-refractivity contribution is 0.242. The van der Waals surface area contributed by atoms with Crippen LogP contribution in [0.15, 0.2) is 18.2 Å². The van der Waals surface area contributed by atoms with E-state index in [-0.39, 0.29) is 12.0 Å². The molecule has 0 aliphatic heterocycles. The number of hydrogen-bond donors (Lipinski definition) is 0. The van der Waals surface area contributed by atoms with Crippen LogP contribution in [0.25, 0.3) is 0 Å². The molecule has 14 heavy (non-hydrogen) atoms. The fourth-order valence-corrected chi connectivity index (χ4v) is 1.41. The summed E-state index contributed by atoms with van der Waals surface area (Å²) in [6.45, 7) is 9.94. The molecule has 0 saturated heterocycles. The first-order valence-corrected chi connectivity index (χ1v) is 5.17. The van der Waals surface area contributed by atoms with Crippen molar-refractivity contribution in [3.8, 4) is 5.75 Å². The van der Waals surface area contributed by atoms with Gasteiger partial charge < -0.3 is 4.74 Å². The van der Waals surface area contributed by atoms with E-state index in [1.54, 1.807) is 0 Å². The van der Waals surface area contributed by atoms with E-state index in [0.29, 0.717) is 5.02 Å². The molecule has 0 aromatic heterocycles. The molecule has 1 aromatic rings. The lowest BCUT2D eigenvalue weighted by atomic mass is 10.0. The molecular formula is C12H16ClO. The molecule has 0 aliphatic carbocycles. The molecule has 1 unspecified atom stereocenters. The lowest BCUT2D eigenvalue weighted by Gasteiger charge is -2.13. The van der Waals surface area contributed by atoms with E-state index in [9.17, 15) is 0 Å². The first kappa shape index (κ1) is 11.4. The van der Waals surface area contributed by atoms with Crippen LogP contribution in [-0.2, 0) is 0 Å². The summed E-state index contributed by atoms with van der Waals surface area (Å²) >= 11 is 6.06. The molecule has 77 valence electrons. The maximum absolute atomic E-state index is 6.06. The summed E-state index contributed by atoms with van der Waals surface area (Å²) < 4.78 is 5.53. The highest BCUT2D eigenvalue weighted by atomic mass is 35.5. The van der Waals surface area contributed by atoms with Gasteiger partial charge in [0, 0.05) is 0 Å². The van der Waals surface area contributed by atoms with Gasteiger partial charge in [-0.15, -0.1) is 0 Å². The highest BCUT2D eigenvalue weighted by Gasteiger charge is 2.06. The third-order valence-corrected chi connectivity index (χ3v) is 2.18. The zero-order valence-corrected chi connectivity index (χ0v) is 9.64. The Bertz CT molecular complexity index is 305. The van der Waals surface area contributed by atoms with Crippen LogP contribution in [0, 0.1) is 6.92 Å². The molecule has 0 heterocycles. The Hall–Kier alpha value is -0.690. The molecule has 0 saturated carbocycles. The number of ether oxygens (including phenoxy) is 1. The highest BCUT2D eigenvalue weighted by Crippen LogP contribution is 2.28. The standard InChI is InChI=1S/C12H16ClO/c1-8(2)10-5-6-12(11(13)7-10)14-9(3)4/h5-9H,1H2,2-4H3. The predicted molar refractivity (Wildman–Crippen MR) is 61.0 cm³/mol. The topological polar surface area (TPSA) is 9.23 Å². The Morgan fingerprint density at radius 3 is 2.36 bits per heavy atom. The van der Waals surface area contributed by atoms with Crippen molar-refractivity contribution in [1.82, 2.24) is 0 Å². The molecule has 1 atom stereocenters. The molecule has 1 aromatic carbocycles. The van der Waals surface area contributed by atoms with Crippen LogP contribution in [-0.4, -0.2) is 6.10 Å². The molecule has 0 amide bonds. The fourth-order valence-electron chi connectivity index (χ4n) is 1.17. The van der Waals surface area contributed by atoms with Gasteiger partial charge in [-0.05, 0) is 44.4 Å². The first-order chi connectivity index (χ1) is 6.50. The molecule has 1 nitrogen and oxygen atoms in total. The summed E-state index contributed by atoms with van der Waals surface area (Å²) in [6.07, 6.45) is 0.149. The van der Waals surface area contributed by atoms with Crippen molar-refractivity contribution in [2.24, 2.45) is 0 Å². The summed E-state index contributed by atoms with van der Waals surface area (Å²) in [7, 11) is 0. The average Bonchev–Trinajstić information content (AvgIpc) is 2.07. The quantitative estimate of drug-likeness (QED) is 0.733. The van der Waals surface area contributed by atoms with Gasteiger partial charge in [-0.25, -0.2) is 0 Å². The van der Waals surface area contributed by atoms with Gasteiger partial charge in [0.15, 0.2) is 0 Å². The van der Waals surface area contributed by atoms with Gasteiger partial charge in [-0.1, -0.05) is 24.6 Å². The molecule has 1 radical (unpaired) electrons. The van der Waals surface area contributed by atoms with Crippen molar-refractivity contribution in [2.45, 2.75) is 32.8 Å². The third-order valence-electron chi connectivity index (χ3n) is 1.89. The van der Waals surface area contributed by atoms with Crippen LogP contribution >= 0.6 is 11.6 Å². The average molecular weight is 212 g/mol. The molecule has 0 spiro atoms. The summed E-state index contributed by atoms with van der Waals surface area (Å²) in [5, 5.41) is 0.659. The van der Waals surface area contributed by atoms with Gasteiger partial charge >= 0.3 is 0 Å². The van der Waals surface area contributed by atoms with Crippen LogP contribution in [0.5, 0.6) is 5.75 Å². The van der Waals surface area contributed by atoms with Crippen LogP contribution in [0.1, 0.15) is 32.3 Å². The van der Waals surface area contributed by atoms with E-state index < -0.39 is 0 Å². The first-order valence-electron chi connectivity index (χ1n) is 4.80. The second kappa shape index (κ2) is 4.70. The van der Waals surface area contributed by atoms with Crippen molar-refractivity contribution >= 4 is 11.6 Å². The Balaban J connectivity index is 2.90. The summed E-state index contributed by atoms with van der Waals surface area (Å²) in [6, 6.07) is 5.82. The van der Waals surface area contributed by atoms with Gasteiger partial charge in [0.25, 0.3) is 0 Å². The molecule has 1 rings (SSSR count). The summed E-state index contributed by atoms with van der Waals surface area (Å²) in [5.41, 5.74) is 1.13. The van der Waals surface area contributed by atoms with Crippen molar-refractivity contribution in [2.75, 3.05) is 0 Å². The normalized spacial score (nSPS) is 11.1. The Kier molecular flexibility index (Phi) is 3.82. The molecular weight excluding hydrogens is 196 g/mol. The predicted octanol–water partition coefficient (Wildman–Crippen LogP) is 4.06. The smallest absolute Gasteiger partial charge is 0.138 e. The summed E-state index contributed by atoms with van der Waals surface area (Å²) in [4.78, 5) is 0. The molecule has 0 aliphatic rings. The maximum Gasteiger partial charge on any atom is 0.138 e. The van der Waals surface area contributed by atoms with Gasteiger partial charge in [-0.3, -0.25) is 0 Å². The van der Waals surface area contributed by atoms with Gasteiger partial charge in [0.1, 0.15) is 5.75 Å². The summed E-state index contributed by atoms with van der Waals surface area (Å²) in [5.74, 6) is 0.992. The number of benzene rings is 1. The van der Waals surface area contributed by atoms with Crippen molar-refractivity contribution in [1.29, 1.82) is 0 Å². The van der Waals surface area contributed by atoms with E-state index in [1.165, 1.54) is 0 Å². The van der Waals surface area contributed by atoms with E-state index in [0.717, 1.165) is 11.3 Å². The van der Waals surface area contributed by atoms with Gasteiger partial charge in [-0.2, -0.15) is 0 Å². The van der Waals surface area contributed by atoms with E-state index >= 15 is 0 Å². The van der Waals surface area contributed by atoms with Crippen LogP contribution in [0.4, 0.5) is 0 Å². The SMILES string of the molecule is [CH2]C(C)c1ccc(OC(C)C)c(Cl)c1. The van der Waals surface area contributed by atoms with E-state index in [1.807, 2.05) is 39.0 Å². The molecule has 2 heteroatoms. The lowest BCUT2D eigenvalue weighted by Crippen LogP contribution is -2.06. The second-order valence-electron chi connectivity index (χ2n) is 3.76. The van der Waals surface area contributed by atoms with Crippen molar-refractivity contribution in [3.05, 3.63) is 35.7 Å². The van der Waals surface area contributed by atoms with Crippen molar-refractivity contribution < 1.29 is 4.74 Å². The van der Waals surface area contributed by atoms with Crippen molar-refractivity contribution in [3.63, 3.8) is 0 Å². The van der Waals surface area contributed by atoms with E-state index in [4.69, 9.17) is 16.3 Å². The number of halogens is 1. The Labute approximate surface area is 91.0 Å². The zero-order valence-electron chi connectivity index (χ0n) is 8.88.